The second-order valence-corrected chi connectivity index (χ2v) is 10.8. The summed E-state index contributed by atoms with van der Waals surface area (Å²) in [6.07, 6.45) is 0.584. The van der Waals surface area contributed by atoms with Crippen LogP contribution in [-0.2, 0) is 20.8 Å². The quantitative estimate of drug-likeness (QED) is 0.229. The molecule has 3 atom stereocenters. The van der Waals surface area contributed by atoms with Crippen molar-refractivity contribution in [2.45, 2.75) is 65.6 Å². The van der Waals surface area contributed by atoms with Gasteiger partial charge in [0, 0.05) is 29.6 Å². The number of hydrogen-bond donors (Lipinski definition) is 5. The molecule has 0 aliphatic heterocycles. The number of benzene rings is 2. The number of aromatic hydroxyl groups is 1. The van der Waals surface area contributed by atoms with Gasteiger partial charge < -0.3 is 31.2 Å². The predicted octanol–water partition coefficient (Wildman–Crippen LogP) is 2.99. The molecule has 0 spiro atoms. The fourth-order valence-corrected chi connectivity index (χ4v) is 4.38. The lowest BCUT2D eigenvalue weighted by molar-refractivity contribution is -0.132. The maximum absolute atomic E-state index is 13.5. The van der Waals surface area contributed by atoms with E-state index in [9.17, 15) is 24.3 Å². The fraction of sp³-hybridized carbons (Fsp3) is 0.400. The minimum Gasteiger partial charge on any atom is -0.508 e. The molecule has 214 valence electrons. The van der Waals surface area contributed by atoms with Crippen molar-refractivity contribution in [1.29, 1.82) is 0 Å². The SMILES string of the molecule is Cc1cc(=O)oc2cc(NC(=O)C(Cc3ccc(O)cc3)NC(=O)C(NC(=O)C(N)CC(C)C)C(C)C)ccc12. The van der Waals surface area contributed by atoms with E-state index in [1.54, 1.807) is 51.1 Å². The molecule has 1 heterocycles. The number of fused-ring (bicyclic) bond motifs is 1. The van der Waals surface area contributed by atoms with Crippen LogP contribution in [0.5, 0.6) is 5.75 Å². The number of rotatable bonds is 11. The molecule has 3 rings (SSSR count). The lowest BCUT2D eigenvalue weighted by Crippen LogP contribution is -2.57. The number of carbonyl (C=O) groups excluding carboxylic acids is 3. The van der Waals surface area contributed by atoms with Gasteiger partial charge in [-0.05, 0) is 60.6 Å². The van der Waals surface area contributed by atoms with E-state index in [1.807, 2.05) is 13.8 Å². The Balaban J connectivity index is 1.84. The third-order valence-electron chi connectivity index (χ3n) is 6.54. The molecule has 6 N–H and O–H groups in total. The first-order chi connectivity index (χ1) is 18.8. The van der Waals surface area contributed by atoms with Crippen LogP contribution in [0, 0.1) is 18.8 Å². The van der Waals surface area contributed by atoms with Gasteiger partial charge in [-0.3, -0.25) is 14.4 Å². The second-order valence-electron chi connectivity index (χ2n) is 10.8. The predicted molar refractivity (Wildman–Crippen MR) is 154 cm³/mol. The van der Waals surface area contributed by atoms with Gasteiger partial charge in [0.25, 0.3) is 0 Å². The zero-order valence-electron chi connectivity index (χ0n) is 23.5. The molecular formula is C30H38N4O6. The van der Waals surface area contributed by atoms with E-state index in [1.165, 1.54) is 18.2 Å². The van der Waals surface area contributed by atoms with E-state index < -0.39 is 41.5 Å². The maximum Gasteiger partial charge on any atom is 0.336 e. The minimum absolute atomic E-state index is 0.0713. The Hall–Kier alpha value is -4.18. The fourth-order valence-electron chi connectivity index (χ4n) is 4.38. The van der Waals surface area contributed by atoms with Gasteiger partial charge in [-0.15, -0.1) is 0 Å². The van der Waals surface area contributed by atoms with E-state index in [0.29, 0.717) is 23.3 Å². The normalized spacial score (nSPS) is 13.6. The van der Waals surface area contributed by atoms with Gasteiger partial charge in [0.15, 0.2) is 0 Å². The molecule has 1 aromatic heterocycles. The Bertz CT molecular complexity index is 1410. The molecule has 0 aliphatic rings. The first kappa shape index (κ1) is 30.4. The lowest BCUT2D eigenvalue weighted by Gasteiger charge is -2.26. The summed E-state index contributed by atoms with van der Waals surface area (Å²) in [6, 6.07) is 9.95. The Kier molecular flexibility index (Phi) is 10.1. The summed E-state index contributed by atoms with van der Waals surface area (Å²) in [5, 5.41) is 18.7. The number of nitrogens with one attached hydrogen (secondary N) is 3. The summed E-state index contributed by atoms with van der Waals surface area (Å²) in [5.74, 6) is -1.48. The van der Waals surface area contributed by atoms with Crippen LogP contribution in [0.3, 0.4) is 0 Å². The molecule has 0 saturated heterocycles. The van der Waals surface area contributed by atoms with Crippen molar-refractivity contribution in [2.75, 3.05) is 5.32 Å². The zero-order chi connectivity index (χ0) is 29.6. The summed E-state index contributed by atoms with van der Waals surface area (Å²) < 4.78 is 5.28. The molecule has 0 radical (unpaired) electrons. The summed E-state index contributed by atoms with van der Waals surface area (Å²) in [7, 11) is 0. The Morgan fingerprint density at radius 1 is 0.925 bits per heavy atom. The topological polar surface area (TPSA) is 164 Å². The first-order valence-corrected chi connectivity index (χ1v) is 13.3. The Labute approximate surface area is 233 Å². The molecule has 3 aromatic rings. The summed E-state index contributed by atoms with van der Waals surface area (Å²) in [5.41, 5.74) is 7.66. The number of phenolic OH excluding ortho intramolecular Hbond substituents is 1. The van der Waals surface area contributed by atoms with E-state index >= 15 is 0 Å². The van der Waals surface area contributed by atoms with Crippen LogP contribution < -0.4 is 27.3 Å². The monoisotopic (exact) mass is 550 g/mol. The van der Waals surface area contributed by atoms with Crippen LogP contribution in [0.25, 0.3) is 11.0 Å². The van der Waals surface area contributed by atoms with E-state index in [0.717, 1.165) is 10.9 Å². The van der Waals surface area contributed by atoms with Crippen LogP contribution in [0.15, 0.2) is 57.7 Å². The van der Waals surface area contributed by atoms with Crippen molar-refractivity contribution in [3.8, 4) is 5.75 Å². The van der Waals surface area contributed by atoms with Gasteiger partial charge in [-0.1, -0.05) is 39.8 Å². The van der Waals surface area contributed by atoms with Crippen molar-refractivity contribution < 1.29 is 23.9 Å². The molecule has 0 aliphatic carbocycles. The largest absolute Gasteiger partial charge is 0.508 e. The molecule has 10 heteroatoms. The standard InChI is InChI=1S/C30H38N4O6/c1-16(2)12-23(31)28(37)34-27(17(3)4)30(39)33-24(14-19-6-9-21(35)10-7-19)29(38)32-20-8-11-22-18(5)13-26(36)40-25(22)15-20/h6-11,13,15-17,23-24,27,35H,12,14,31H2,1-5H3,(H,32,38)(H,33,39)(H,34,37). The van der Waals surface area contributed by atoms with Gasteiger partial charge in [-0.25, -0.2) is 4.79 Å². The molecule has 0 saturated carbocycles. The number of amides is 3. The van der Waals surface area contributed by atoms with E-state index in [2.05, 4.69) is 16.0 Å². The van der Waals surface area contributed by atoms with Gasteiger partial charge in [0.2, 0.25) is 17.7 Å². The van der Waals surface area contributed by atoms with Crippen molar-refractivity contribution in [3.63, 3.8) is 0 Å². The van der Waals surface area contributed by atoms with Gasteiger partial charge >= 0.3 is 5.63 Å². The summed E-state index contributed by atoms with van der Waals surface area (Å²) in [6.45, 7) is 9.28. The van der Waals surface area contributed by atoms with Crippen LogP contribution in [0.4, 0.5) is 5.69 Å². The van der Waals surface area contributed by atoms with Crippen molar-refractivity contribution in [2.24, 2.45) is 17.6 Å². The highest BCUT2D eigenvalue weighted by molar-refractivity contribution is 6.00. The smallest absolute Gasteiger partial charge is 0.336 e. The summed E-state index contributed by atoms with van der Waals surface area (Å²) in [4.78, 5) is 51.4. The number of anilines is 1. The lowest BCUT2D eigenvalue weighted by atomic mass is 9.99. The molecule has 3 unspecified atom stereocenters. The van der Waals surface area contributed by atoms with Crippen molar-refractivity contribution >= 4 is 34.4 Å². The highest BCUT2D eigenvalue weighted by Gasteiger charge is 2.30. The average Bonchev–Trinajstić information content (AvgIpc) is 2.86. The Morgan fingerprint density at radius 3 is 2.23 bits per heavy atom. The average molecular weight is 551 g/mol. The van der Waals surface area contributed by atoms with E-state index in [4.69, 9.17) is 10.2 Å². The summed E-state index contributed by atoms with van der Waals surface area (Å²) >= 11 is 0. The zero-order valence-corrected chi connectivity index (χ0v) is 23.5. The van der Waals surface area contributed by atoms with Crippen molar-refractivity contribution in [3.05, 3.63) is 70.1 Å². The van der Waals surface area contributed by atoms with Crippen LogP contribution in [0.1, 0.15) is 45.2 Å². The van der Waals surface area contributed by atoms with Crippen LogP contribution in [-0.4, -0.2) is 41.0 Å². The minimum atomic E-state index is -1.03. The molecular weight excluding hydrogens is 512 g/mol. The first-order valence-electron chi connectivity index (χ1n) is 13.3. The van der Waals surface area contributed by atoms with Gasteiger partial charge in [0.05, 0.1) is 6.04 Å². The number of nitrogens with two attached hydrogens (primary N) is 1. The molecule has 0 bridgehead atoms. The molecule has 40 heavy (non-hydrogen) atoms. The second kappa shape index (κ2) is 13.3. The van der Waals surface area contributed by atoms with E-state index in [-0.39, 0.29) is 24.0 Å². The number of aryl methyl sites for hydroxylation is 1. The Morgan fingerprint density at radius 2 is 1.60 bits per heavy atom. The highest BCUT2D eigenvalue weighted by Crippen LogP contribution is 2.21. The third-order valence-corrected chi connectivity index (χ3v) is 6.54. The van der Waals surface area contributed by atoms with Crippen molar-refractivity contribution in [1.82, 2.24) is 10.6 Å². The third kappa shape index (κ3) is 8.16. The molecule has 10 nitrogen and oxygen atoms in total. The maximum atomic E-state index is 13.5. The number of phenols is 1. The highest BCUT2D eigenvalue weighted by atomic mass is 16.4. The molecule has 2 aromatic carbocycles. The number of hydrogen-bond acceptors (Lipinski definition) is 7. The van der Waals surface area contributed by atoms with Gasteiger partial charge in [-0.2, -0.15) is 0 Å². The van der Waals surface area contributed by atoms with Gasteiger partial charge in [0.1, 0.15) is 23.4 Å². The molecule has 3 amide bonds. The number of carbonyl (C=O) groups is 3. The van der Waals surface area contributed by atoms with Crippen LogP contribution in [0.2, 0.25) is 0 Å². The molecule has 0 fully saturated rings. The van der Waals surface area contributed by atoms with Crippen LogP contribution >= 0.6 is 0 Å².